The first-order chi connectivity index (χ1) is 15.1. The monoisotopic (exact) mass is 443 g/mol. The van der Waals surface area contributed by atoms with Crippen LogP contribution in [0, 0.1) is 5.92 Å². The van der Waals surface area contributed by atoms with Gasteiger partial charge in [0.2, 0.25) is 5.91 Å². The van der Waals surface area contributed by atoms with Gasteiger partial charge in [0.15, 0.2) is 0 Å². The number of hydrogen-bond acceptors (Lipinski definition) is 6. The highest BCUT2D eigenvalue weighted by molar-refractivity contribution is 6.30. The summed E-state index contributed by atoms with van der Waals surface area (Å²) in [4.78, 5) is 23.9. The number of benzene rings is 1. The Balaban J connectivity index is 1.23. The Morgan fingerprint density at radius 3 is 2.35 bits per heavy atom. The van der Waals surface area contributed by atoms with Crippen molar-refractivity contribution in [3.8, 4) is 0 Å². The molecular formula is C23H30ClN5O2. The van der Waals surface area contributed by atoms with Crippen LogP contribution in [-0.4, -0.2) is 70.1 Å². The fraction of sp³-hybridized carbons (Fsp3) is 0.478. The van der Waals surface area contributed by atoms with Crippen LogP contribution in [0.25, 0.3) is 0 Å². The molecule has 0 bridgehead atoms. The van der Waals surface area contributed by atoms with Crippen LogP contribution in [0.1, 0.15) is 24.0 Å². The van der Waals surface area contributed by atoms with E-state index in [0.717, 1.165) is 70.8 Å². The summed E-state index contributed by atoms with van der Waals surface area (Å²) in [6.45, 7) is 6.75. The number of amides is 1. The highest BCUT2D eigenvalue weighted by Gasteiger charge is 2.30. The van der Waals surface area contributed by atoms with E-state index in [4.69, 9.17) is 11.6 Å². The molecule has 0 aliphatic carbocycles. The molecule has 2 aliphatic rings. The summed E-state index contributed by atoms with van der Waals surface area (Å²) in [7, 11) is 0. The lowest BCUT2D eigenvalue weighted by molar-refractivity contribution is -0.139. The molecule has 2 saturated heterocycles. The number of carbonyl (C=O) groups is 1. The second kappa shape index (κ2) is 10.4. The van der Waals surface area contributed by atoms with Crippen molar-refractivity contribution in [1.82, 2.24) is 19.7 Å². The Labute approximate surface area is 188 Å². The van der Waals surface area contributed by atoms with Gasteiger partial charge < -0.3 is 4.90 Å². The molecule has 1 aromatic carbocycles. The average Bonchev–Trinajstić information content (AvgIpc) is 2.81. The summed E-state index contributed by atoms with van der Waals surface area (Å²) < 4.78 is 0. The normalized spacial score (nSPS) is 18.8. The number of anilines is 1. The lowest BCUT2D eigenvalue weighted by Crippen LogP contribution is -2.51. The number of halogens is 1. The Morgan fingerprint density at radius 2 is 1.68 bits per heavy atom. The van der Waals surface area contributed by atoms with Gasteiger partial charge in [0.1, 0.15) is 0 Å². The highest BCUT2D eigenvalue weighted by Crippen LogP contribution is 2.24. The molecule has 0 spiro atoms. The maximum Gasteiger partial charge on any atom is 0.225 e. The van der Waals surface area contributed by atoms with Gasteiger partial charge in [0.05, 0.1) is 5.69 Å². The molecule has 31 heavy (non-hydrogen) atoms. The molecular weight excluding hydrogens is 414 g/mol. The zero-order valence-corrected chi connectivity index (χ0v) is 18.5. The summed E-state index contributed by atoms with van der Waals surface area (Å²) in [5, 5.41) is 9.93. The van der Waals surface area contributed by atoms with Crippen LogP contribution in [0.5, 0.6) is 0 Å². The number of rotatable bonds is 6. The third kappa shape index (κ3) is 5.74. The van der Waals surface area contributed by atoms with Gasteiger partial charge in [0.25, 0.3) is 0 Å². The van der Waals surface area contributed by atoms with Crippen LogP contribution in [0.4, 0.5) is 5.69 Å². The summed E-state index contributed by atoms with van der Waals surface area (Å²) in [6, 6.07) is 9.59. The van der Waals surface area contributed by atoms with Crippen molar-refractivity contribution < 1.29 is 10.0 Å². The first kappa shape index (κ1) is 22.0. The number of hydrogen-bond donors (Lipinski definition) is 2. The van der Waals surface area contributed by atoms with E-state index in [0.29, 0.717) is 16.6 Å². The number of carbonyl (C=O) groups excluding carboxylic acids is 1. The number of likely N-dealkylation sites (tertiary alicyclic amines) is 1. The Hall–Kier alpha value is -2.19. The van der Waals surface area contributed by atoms with Crippen molar-refractivity contribution in [3.05, 3.63) is 58.9 Å². The minimum atomic E-state index is 0.140. The van der Waals surface area contributed by atoms with E-state index in [9.17, 15) is 10.0 Å². The van der Waals surface area contributed by atoms with Crippen molar-refractivity contribution >= 4 is 23.2 Å². The van der Waals surface area contributed by atoms with Crippen LogP contribution >= 0.6 is 11.6 Å². The van der Waals surface area contributed by atoms with Gasteiger partial charge >= 0.3 is 0 Å². The predicted molar refractivity (Wildman–Crippen MR) is 121 cm³/mol. The third-order valence-corrected chi connectivity index (χ3v) is 6.60. The van der Waals surface area contributed by atoms with E-state index in [-0.39, 0.29) is 5.92 Å². The number of nitrogens with zero attached hydrogens (tertiary/aromatic N) is 4. The van der Waals surface area contributed by atoms with Crippen LogP contribution < -0.4 is 5.48 Å². The minimum absolute atomic E-state index is 0.140. The van der Waals surface area contributed by atoms with E-state index in [2.05, 4.69) is 32.4 Å². The summed E-state index contributed by atoms with van der Waals surface area (Å²) >= 11 is 6.00. The second-order valence-corrected chi connectivity index (χ2v) is 8.86. The standard InChI is InChI=1S/C23H30ClN5O2/c24-21-2-1-20(22(15-21)26-31)17-28-11-13-29(14-12-28)23(30)19-5-9-27(10-6-19)16-18-3-7-25-8-4-18/h1-4,7-8,15,19,26,31H,5-6,9-14,16-17H2. The molecule has 7 nitrogen and oxygen atoms in total. The molecule has 0 saturated carbocycles. The van der Waals surface area contributed by atoms with Crippen molar-refractivity contribution in [2.45, 2.75) is 25.9 Å². The number of nitrogens with one attached hydrogen (secondary N) is 1. The van der Waals surface area contributed by atoms with Gasteiger partial charge in [-0.1, -0.05) is 17.7 Å². The van der Waals surface area contributed by atoms with Crippen LogP contribution in [0.2, 0.25) is 5.02 Å². The first-order valence-electron chi connectivity index (χ1n) is 10.9. The van der Waals surface area contributed by atoms with Gasteiger partial charge in [-0.2, -0.15) is 0 Å². The molecule has 0 unspecified atom stereocenters. The average molecular weight is 444 g/mol. The zero-order valence-electron chi connectivity index (χ0n) is 17.7. The Morgan fingerprint density at radius 1 is 1.00 bits per heavy atom. The highest BCUT2D eigenvalue weighted by atomic mass is 35.5. The molecule has 2 aromatic rings. The van der Waals surface area contributed by atoms with Gasteiger partial charge in [-0.3, -0.25) is 30.3 Å². The first-order valence-corrected chi connectivity index (χ1v) is 11.3. The topological polar surface area (TPSA) is 71.9 Å². The molecule has 3 heterocycles. The molecule has 4 rings (SSSR count). The second-order valence-electron chi connectivity index (χ2n) is 8.42. The molecule has 1 aromatic heterocycles. The van der Waals surface area contributed by atoms with Crippen LogP contribution in [0.3, 0.4) is 0 Å². The lowest BCUT2D eigenvalue weighted by atomic mass is 9.94. The lowest BCUT2D eigenvalue weighted by Gasteiger charge is -2.38. The fourth-order valence-electron chi connectivity index (χ4n) is 4.50. The Bertz CT molecular complexity index is 866. The molecule has 2 N–H and O–H groups in total. The zero-order chi connectivity index (χ0) is 21.6. The van der Waals surface area contributed by atoms with Gasteiger partial charge in [-0.25, -0.2) is 0 Å². The van der Waals surface area contributed by atoms with Gasteiger partial charge in [0, 0.05) is 62.6 Å². The quantitative estimate of drug-likeness (QED) is 0.668. The molecule has 2 fully saturated rings. The number of pyridine rings is 1. The predicted octanol–water partition coefficient (Wildman–Crippen LogP) is 3.09. The van der Waals surface area contributed by atoms with E-state index < -0.39 is 0 Å². The summed E-state index contributed by atoms with van der Waals surface area (Å²) in [5.41, 5.74) is 5.13. The number of piperidine rings is 1. The van der Waals surface area contributed by atoms with E-state index in [1.165, 1.54) is 5.56 Å². The SMILES string of the molecule is O=C(C1CCN(Cc2ccncc2)CC1)N1CCN(Cc2ccc(Cl)cc2NO)CC1. The summed E-state index contributed by atoms with van der Waals surface area (Å²) in [6.07, 6.45) is 5.53. The third-order valence-electron chi connectivity index (χ3n) is 6.36. The Kier molecular flexibility index (Phi) is 7.40. The van der Waals surface area contributed by atoms with E-state index >= 15 is 0 Å². The van der Waals surface area contributed by atoms with Crippen molar-refractivity contribution in [2.24, 2.45) is 5.92 Å². The smallest absolute Gasteiger partial charge is 0.225 e. The largest absolute Gasteiger partial charge is 0.340 e. The van der Waals surface area contributed by atoms with Crippen molar-refractivity contribution in [2.75, 3.05) is 44.7 Å². The van der Waals surface area contributed by atoms with Crippen LogP contribution in [0.15, 0.2) is 42.7 Å². The number of aromatic nitrogens is 1. The minimum Gasteiger partial charge on any atom is -0.340 e. The van der Waals surface area contributed by atoms with E-state index in [1.54, 1.807) is 6.07 Å². The molecule has 1 amide bonds. The van der Waals surface area contributed by atoms with Crippen LogP contribution in [-0.2, 0) is 17.9 Å². The molecule has 2 aliphatic heterocycles. The van der Waals surface area contributed by atoms with Crippen molar-refractivity contribution in [1.29, 1.82) is 0 Å². The molecule has 8 heteroatoms. The van der Waals surface area contributed by atoms with Crippen molar-refractivity contribution in [3.63, 3.8) is 0 Å². The maximum absolute atomic E-state index is 13.0. The summed E-state index contributed by atoms with van der Waals surface area (Å²) in [5.74, 6) is 0.453. The van der Waals surface area contributed by atoms with E-state index in [1.807, 2.05) is 29.4 Å². The number of piperazine rings is 1. The molecule has 0 atom stereocenters. The fourth-order valence-corrected chi connectivity index (χ4v) is 4.67. The molecule has 166 valence electrons. The maximum atomic E-state index is 13.0. The van der Waals surface area contributed by atoms with Gasteiger partial charge in [-0.15, -0.1) is 0 Å². The van der Waals surface area contributed by atoms with Gasteiger partial charge in [-0.05, 0) is 61.3 Å². The molecule has 0 radical (unpaired) electrons.